The van der Waals surface area contributed by atoms with Crippen LogP contribution in [0.5, 0.6) is 0 Å². The summed E-state index contributed by atoms with van der Waals surface area (Å²) in [4.78, 5) is 48.4. The zero-order valence-electron chi connectivity index (χ0n) is 19.4. The molecule has 31 heavy (non-hydrogen) atoms. The van der Waals surface area contributed by atoms with Gasteiger partial charge in [-0.3, -0.25) is 4.79 Å². The monoisotopic (exact) mass is 435 g/mol. The van der Waals surface area contributed by atoms with E-state index in [4.69, 9.17) is 9.47 Å². The predicted octanol–water partition coefficient (Wildman–Crippen LogP) is 2.52. The van der Waals surface area contributed by atoms with Crippen LogP contribution in [-0.2, 0) is 20.8 Å². The van der Waals surface area contributed by atoms with Crippen LogP contribution < -0.4 is 10.2 Å². The van der Waals surface area contributed by atoms with Gasteiger partial charge in [-0.25, -0.2) is 24.5 Å². The Balaban J connectivity index is 2.15. The van der Waals surface area contributed by atoms with E-state index in [1.165, 1.54) is 0 Å². The number of ether oxygens (including phenoxy) is 2. The van der Waals surface area contributed by atoms with Gasteiger partial charge in [-0.2, -0.15) is 0 Å². The minimum atomic E-state index is -0.808. The molecule has 2 heterocycles. The standard InChI is InChI=1S/C21H33N5O5/c1-14(27)16-13-25(9-8-22-16)17-23-10-15(11-24-17)12-26(18(28)30-20(2,3)4)19(29)31-21(5,6)7/h10-11,16,22H,8-9,12-13H2,1-7H3/t16-/m0/s1. The zero-order valence-corrected chi connectivity index (χ0v) is 19.4. The van der Waals surface area contributed by atoms with Crippen LogP contribution in [-0.4, -0.2) is 69.7 Å². The topological polar surface area (TPSA) is 114 Å². The van der Waals surface area contributed by atoms with Crippen molar-refractivity contribution in [3.8, 4) is 0 Å². The van der Waals surface area contributed by atoms with Crippen LogP contribution >= 0.6 is 0 Å². The number of anilines is 1. The van der Waals surface area contributed by atoms with E-state index in [2.05, 4.69) is 15.3 Å². The Morgan fingerprint density at radius 1 is 1.06 bits per heavy atom. The smallest absolute Gasteiger partial charge is 0.420 e. The van der Waals surface area contributed by atoms with Crippen molar-refractivity contribution in [1.82, 2.24) is 20.2 Å². The Morgan fingerprint density at radius 3 is 2.03 bits per heavy atom. The maximum Gasteiger partial charge on any atom is 0.420 e. The Bertz CT molecular complexity index is 770. The number of rotatable bonds is 4. The molecule has 1 saturated heterocycles. The fourth-order valence-electron chi connectivity index (χ4n) is 2.82. The van der Waals surface area contributed by atoms with Crippen molar-refractivity contribution in [3.63, 3.8) is 0 Å². The molecule has 2 amide bonds. The van der Waals surface area contributed by atoms with Gasteiger partial charge in [-0.15, -0.1) is 0 Å². The molecular formula is C21H33N5O5. The first-order chi connectivity index (χ1) is 14.2. The summed E-state index contributed by atoms with van der Waals surface area (Å²) in [5.41, 5.74) is -1.00. The molecule has 1 atom stereocenters. The molecule has 0 bridgehead atoms. The second-order valence-corrected chi connectivity index (χ2v) is 9.50. The highest BCUT2D eigenvalue weighted by Gasteiger charge is 2.31. The molecular weight excluding hydrogens is 402 g/mol. The molecule has 0 spiro atoms. The van der Waals surface area contributed by atoms with Gasteiger partial charge in [-0.1, -0.05) is 0 Å². The predicted molar refractivity (Wildman–Crippen MR) is 115 cm³/mol. The molecule has 10 nitrogen and oxygen atoms in total. The van der Waals surface area contributed by atoms with Crippen LogP contribution in [0.4, 0.5) is 15.5 Å². The number of hydrogen-bond acceptors (Lipinski definition) is 9. The first-order valence-electron chi connectivity index (χ1n) is 10.3. The highest BCUT2D eigenvalue weighted by Crippen LogP contribution is 2.17. The first kappa shape index (κ1) is 24.5. The lowest BCUT2D eigenvalue weighted by molar-refractivity contribution is -0.119. The van der Waals surface area contributed by atoms with E-state index in [-0.39, 0.29) is 18.4 Å². The van der Waals surface area contributed by atoms with E-state index in [9.17, 15) is 14.4 Å². The number of carbonyl (C=O) groups is 3. The van der Waals surface area contributed by atoms with Crippen molar-refractivity contribution >= 4 is 23.9 Å². The number of nitrogens with one attached hydrogen (secondary N) is 1. The lowest BCUT2D eigenvalue weighted by Gasteiger charge is -2.32. The van der Waals surface area contributed by atoms with Gasteiger partial charge < -0.3 is 19.7 Å². The third-order valence-corrected chi connectivity index (χ3v) is 4.21. The molecule has 0 radical (unpaired) electrons. The number of aromatic nitrogens is 2. The number of Topliss-reactive ketones (excluding diaryl/α,β-unsaturated/α-hetero) is 1. The maximum absolute atomic E-state index is 12.6. The second-order valence-electron chi connectivity index (χ2n) is 9.50. The number of imide groups is 1. The van der Waals surface area contributed by atoms with Gasteiger partial charge in [-0.05, 0) is 48.5 Å². The number of piperazine rings is 1. The lowest BCUT2D eigenvalue weighted by Crippen LogP contribution is -2.54. The van der Waals surface area contributed by atoms with Crippen molar-refractivity contribution in [2.75, 3.05) is 24.5 Å². The summed E-state index contributed by atoms with van der Waals surface area (Å²) in [6.45, 7) is 13.6. The van der Waals surface area contributed by atoms with Crippen LogP contribution in [0.25, 0.3) is 0 Å². The highest BCUT2D eigenvalue weighted by atomic mass is 16.6. The molecule has 0 saturated carbocycles. The van der Waals surface area contributed by atoms with Gasteiger partial charge in [0, 0.05) is 37.6 Å². The first-order valence-corrected chi connectivity index (χ1v) is 10.3. The van der Waals surface area contributed by atoms with Crippen LogP contribution in [0.3, 0.4) is 0 Å². The number of carbonyl (C=O) groups excluding carboxylic acids is 3. The maximum atomic E-state index is 12.6. The third-order valence-electron chi connectivity index (χ3n) is 4.21. The molecule has 1 aromatic heterocycles. The molecule has 0 aliphatic carbocycles. The molecule has 0 unspecified atom stereocenters. The lowest BCUT2D eigenvalue weighted by atomic mass is 10.1. The fraction of sp³-hybridized carbons (Fsp3) is 0.667. The molecule has 1 aliphatic rings. The molecule has 2 rings (SSSR count). The van der Waals surface area contributed by atoms with E-state index in [1.807, 2.05) is 4.90 Å². The van der Waals surface area contributed by atoms with Gasteiger partial charge in [0.15, 0.2) is 0 Å². The van der Waals surface area contributed by atoms with Crippen molar-refractivity contribution in [2.45, 2.75) is 72.3 Å². The number of hydrogen-bond donors (Lipinski definition) is 1. The van der Waals surface area contributed by atoms with Crippen molar-refractivity contribution in [3.05, 3.63) is 18.0 Å². The van der Waals surface area contributed by atoms with Gasteiger partial charge in [0.2, 0.25) is 5.95 Å². The Labute approximate surface area is 183 Å². The van der Waals surface area contributed by atoms with Crippen molar-refractivity contribution < 1.29 is 23.9 Å². The minimum Gasteiger partial charge on any atom is -0.443 e. The molecule has 1 N–H and O–H groups in total. The minimum absolute atomic E-state index is 0.0617. The van der Waals surface area contributed by atoms with Gasteiger partial charge in [0.1, 0.15) is 17.0 Å². The molecule has 1 aromatic rings. The Morgan fingerprint density at radius 2 is 1.58 bits per heavy atom. The third kappa shape index (κ3) is 7.78. The summed E-state index contributed by atoms with van der Waals surface area (Å²) in [6, 6.07) is -0.258. The number of amides is 2. The van der Waals surface area contributed by atoms with E-state index in [1.54, 1.807) is 60.9 Å². The average Bonchev–Trinajstić information content (AvgIpc) is 2.63. The number of nitrogens with zero attached hydrogens (tertiary/aromatic N) is 4. The van der Waals surface area contributed by atoms with E-state index in [0.29, 0.717) is 31.1 Å². The van der Waals surface area contributed by atoms with Crippen molar-refractivity contribution in [2.24, 2.45) is 0 Å². The van der Waals surface area contributed by atoms with E-state index >= 15 is 0 Å². The van der Waals surface area contributed by atoms with Crippen LogP contribution in [0.1, 0.15) is 54.0 Å². The molecule has 0 aromatic carbocycles. The molecule has 1 fully saturated rings. The fourth-order valence-corrected chi connectivity index (χ4v) is 2.82. The SMILES string of the molecule is CC(=O)[C@@H]1CN(c2ncc(CN(C(=O)OC(C)(C)C)C(=O)OC(C)(C)C)cn2)CCN1. The Hall–Kier alpha value is -2.75. The van der Waals surface area contributed by atoms with Gasteiger partial charge in [0.05, 0.1) is 12.6 Å². The molecule has 10 heteroatoms. The van der Waals surface area contributed by atoms with Crippen LogP contribution in [0.15, 0.2) is 12.4 Å². The van der Waals surface area contributed by atoms with Crippen LogP contribution in [0, 0.1) is 0 Å². The van der Waals surface area contributed by atoms with E-state index < -0.39 is 23.4 Å². The highest BCUT2D eigenvalue weighted by molar-refractivity contribution is 5.88. The van der Waals surface area contributed by atoms with Crippen LogP contribution in [0.2, 0.25) is 0 Å². The second kappa shape index (κ2) is 9.59. The summed E-state index contributed by atoms with van der Waals surface area (Å²) in [5, 5.41) is 3.16. The number of ketones is 1. The summed E-state index contributed by atoms with van der Waals surface area (Å²) in [7, 11) is 0. The van der Waals surface area contributed by atoms with Gasteiger partial charge >= 0.3 is 12.2 Å². The quantitative estimate of drug-likeness (QED) is 0.762. The summed E-state index contributed by atoms with van der Waals surface area (Å²) < 4.78 is 10.7. The summed E-state index contributed by atoms with van der Waals surface area (Å²) >= 11 is 0. The normalized spacial score (nSPS) is 17.1. The molecule has 1 aliphatic heterocycles. The van der Waals surface area contributed by atoms with E-state index in [0.717, 1.165) is 4.90 Å². The van der Waals surface area contributed by atoms with Gasteiger partial charge in [0.25, 0.3) is 0 Å². The average molecular weight is 436 g/mol. The zero-order chi connectivity index (χ0) is 23.4. The summed E-state index contributed by atoms with van der Waals surface area (Å²) in [5.74, 6) is 0.546. The van der Waals surface area contributed by atoms with Crippen molar-refractivity contribution in [1.29, 1.82) is 0 Å². The summed E-state index contributed by atoms with van der Waals surface area (Å²) in [6.07, 6.45) is 1.48. The largest absolute Gasteiger partial charge is 0.443 e. The Kier molecular flexibility index (Phi) is 7.58. The molecule has 172 valence electrons.